The van der Waals surface area contributed by atoms with Crippen LogP contribution in [0, 0.1) is 18.3 Å². The molecule has 0 bridgehead atoms. The molecule has 0 radical (unpaired) electrons. The van der Waals surface area contributed by atoms with E-state index < -0.39 is 10.0 Å². The number of hydrogen-bond donors (Lipinski definition) is 0. The monoisotopic (exact) mass is 508 g/mol. The Morgan fingerprint density at radius 3 is 2.29 bits per heavy atom. The first kappa shape index (κ1) is 25.5. The number of hydrogen-bond acceptors (Lipinski definition) is 5. The zero-order valence-corrected chi connectivity index (χ0v) is 22.3. The van der Waals surface area contributed by atoms with Crippen LogP contribution < -0.4 is 4.74 Å². The quantitative estimate of drug-likeness (QED) is 0.551. The molecule has 3 heterocycles. The van der Waals surface area contributed by atoms with E-state index in [-0.39, 0.29) is 15.5 Å². The first-order valence-electron chi connectivity index (χ1n) is 12.2. The van der Waals surface area contributed by atoms with Gasteiger partial charge in [0.1, 0.15) is 15.8 Å². The minimum atomic E-state index is -3.63. The Kier molecular flexibility index (Phi) is 7.62. The fraction of sp³-hybridized carbons (Fsp3) is 0.640. The van der Waals surface area contributed by atoms with E-state index in [0.29, 0.717) is 24.7 Å². The van der Waals surface area contributed by atoms with Gasteiger partial charge in [0.2, 0.25) is 10.0 Å². The van der Waals surface area contributed by atoms with Crippen molar-refractivity contribution in [1.29, 1.82) is 0 Å². The molecular weight excluding hydrogens is 472 g/mol. The van der Waals surface area contributed by atoms with E-state index in [1.54, 1.807) is 18.3 Å². The minimum absolute atomic E-state index is 0.154. The average Bonchev–Trinajstić information content (AvgIpc) is 3.06. The summed E-state index contributed by atoms with van der Waals surface area (Å²) < 4.78 is 35.6. The summed E-state index contributed by atoms with van der Waals surface area (Å²) in [5.74, 6) is 1.48. The van der Waals surface area contributed by atoms with Gasteiger partial charge < -0.3 is 4.74 Å². The SMILES string of the molecule is Cc1nn(C)c(Cl)c1S(=O)(=O)N1CCC2(CCN(Cc3ccccc3OCC(C)C)CC2)CC1. The fourth-order valence-corrected chi connectivity index (χ4v) is 7.34. The molecule has 0 unspecified atom stereocenters. The lowest BCUT2D eigenvalue weighted by Crippen LogP contribution is -2.48. The third-order valence-electron chi connectivity index (χ3n) is 7.34. The van der Waals surface area contributed by atoms with Crippen LogP contribution in [0.1, 0.15) is 50.8 Å². The van der Waals surface area contributed by atoms with Crippen molar-refractivity contribution in [3.8, 4) is 5.75 Å². The number of aryl methyl sites for hydroxylation is 2. The molecule has 2 fully saturated rings. The van der Waals surface area contributed by atoms with Crippen molar-refractivity contribution in [1.82, 2.24) is 19.0 Å². The van der Waals surface area contributed by atoms with Gasteiger partial charge >= 0.3 is 0 Å². The largest absolute Gasteiger partial charge is 0.493 e. The van der Waals surface area contributed by atoms with Crippen molar-refractivity contribution in [3.63, 3.8) is 0 Å². The van der Waals surface area contributed by atoms with Crippen molar-refractivity contribution in [3.05, 3.63) is 40.7 Å². The number of aromatic nitrogens is 2. The van der Waals surface area contributed by atoms with Crippen molar-refractivity contribution in [2.75, 3.05) is 32.8 Å². The molecular formula is C25H37ClN4O3S. The van der Waals surface area contributed by atoms with Gasteiger partial charge in [-0.2, -0.15) is 9.40 Å². The van der Waals surface area contributed by atoms with E-state index in [4.69, 9.17) is 16.3 Å². The van der Waals surface area contributed by atoms with Crippen LogP contribution in [0.4, 0.5) is 0 Å². The van der Waals surface area contributed by atoms with Crippen LogP contribution in [-0.2, 0) is 23.6 Å². The Morgan fingerprint density at radius 2 is 1.71 bits per heavy atom. The number of halogens is 1. The summed E-state index contributed by atoms with van der Waals surface area (Å²) in [6.07, 6.45) is 3.99. The van der Waals surface area contributed by atoms with E-state index in [0.717, 1.165) is 57.7 Å². The Hall–Kier alpha value is -1.61. The molecule has 2 aliphatic heterocycles. The molecule has 2 aliphatic rings. The zero-order valence-electron chi connectivity index (χ0n) is 20.8. The second-order valence-electron chi connectivity index (χ2n) is 10.3. The van der Waals surface area contributed by atoms with Gasteiger partial charge in [0, 0.05) is 32.2 Å². The predicted molar refractivity (Wildman–Crippen MR) is 135 cm³/mol. The van der Waals surface area contributed by atoms with Gasteiger partial charge in [-0.25, -0.2) is 8.42 Å². The predicted octanol–water partition coefficient (Wildman–Crippen LogP) is 4.48. The van der Waals surface area contributed by atoms with Crippen LogP contribution in [0.5, 0.6) is 5.75 Å². The fourth-order valence-electron chi connectivity index (χ4n) is 5.19. The summed E-state index contributed by atoms with van der Waals surface area (Å²) in [7, 11) is -1.96. The molecule has 1 aromatic carbocycles. The number of benzene rings is 1. The highest BCUT2D eigenvalue weighted by Gasteiger charge is 2.41. The highest BCUT2D eigenvalue weighted by Crippen LogP contribution is 2.43. The molecule has 0 amide bonds. The molecule has 1 aromatic heterocycles. The van der Waals surface area contributed by atoms with Gasteiger partial charge in [-0.1, -0.05) is 43.6 Å². The molecule has 7 nitrogen and oxygen atoms in total. The van der Waals surface area contributed by atoms with E-state index in [2.05, 4.69) is 42.0 Å². The highest BCUT2D eigenvalue weighted by molar-refractivity contribution is 7.89. The van der Waals surface area contributed by atoms with Crippen molar-refractivity contribution in [2.24, 2.45) is 18.4 Å². The van der Waals surface area contributed by atoms with Gasteiger partial charge in [0.15, 0.2) is 0 Å². The summed E-state index contributed by atoms with van der Waals surface area (Å²) in [4.78, 5) is 2.66. The molecule has 4 rings (SSSR count). The van der Waals surface area contributed by atoms with Gasteiger partial charge in [0.05, 0.1) is 12.3 Å². The maximum atomic E-state index is 13.3. The smallest absolute Gasteiger partial charge is 0.248 e. The Labute approximate surface area is 209 Å². The zero-order chi connectivity index (χ0) is 24.5. The molecule has 2 aromatic rings. The van der Waals surface area contributed by atoms with Gasteiger partial charge in [-0.15, -0.1) is 0 Å². The number of nitrogens with zero attached hydrogens (tertiary/aromatic N) is 4. The number of rotatable bonds is 7. The van der Waals surface area contributed by atoms with Crippen LogP contribution in [0.15, 0.2) is 29.2 Å². The van der Waals surface area contributed by atoms with Gasteiger partial charge in [0.25, 0.3) is 0 Å². The summed E-state index contributed by atoms with van der Waals surface area (Å²) in [5.41, 5.74) is 1.92. The minimum Gasteiger partial charge on any atom is -0.493 e. The number of ether oxygens (including phenoxy) is 1. The van der Waals surface area contributed by atoms with Crippen LogP contribution >= 0.6 is 11.6 Å². The molecule has 0 atom stereocenters. The maximum absolute atomic E-state index is 13.3. The second kappa shape index (κ2) is 10.2. The molecule has 0 saturated carbocycles. The first-order valence-corrected chi connectivity index (χ1v) is 14.1. The summed E-state index contributed by atoms with van der Waals surface area (Å²) >= 11 is 6.27. The van der Waals surface area contributed by atoms with Crippen molar-refractivity contribution in [2.45, 2.75) is 57.9 Å². The van der Waals surface area contributed by atoms with Crippen LogP contribution in [0.3, 0.4) is 0 Å². The first-order chi connectivity index (χ1) is 16.1. The molecule has 1 spiro atoms. The van der Waals surface area contributed by atoms with Crippen molar-refractivity contribution >= 4 is 21.6 Å². The molecule has 9 heteroatoms. The summed E-state index contributed by atoms with van der Waals surface area (Å²) in [6, 6.07) is 8.34. The normalized spacial score (nSPS) is 19.7. The van der Waals surface area contributed by atoms with E-state index in [1.807, 2.05) is 6.07 Å². The highest BCUT2D eigenvalue weighted by atomic mass is 35.5. The van der Waals surface area contributed by atoms with E-state index in [9.17, 15) is 8.42 Å². The third kappa shape index (κ3) is 5.30. The standard InChI is InChI=1S/C25H37ClN4O3S/c1-19(2)18-33-22-8-6-5-7-21(22)17-29-13-9-25(10-14-29)11-15-30(16-12-25)34(31,32)23-20(3)27-28(4)24(23)26/h5-8,19H,9-18H2,1-4H3. The lowest BCUT2D eigenvalue weighted by molar-refractivity contribution is 0.0525. The van der Waals surface area contributed by atoms with Gasteiger partial charge in [-0.05, 0) is 63.1 Å². The van der Waals surface area contributed by atoms with E-state index >= 15 is 0 Å². The van der Waals surface area contributed by atoms with Gasteiger partial charge in [-0.3, -0.25) is 9.58 Å². The number of likely N-dealkylation sites (tertiary alicyclic amines) is 1. The van der Waals surface area contributed by atoms with Crippen LogP contribution in [-0.4, -0.2) is 60.2 Å². The molecule has 2 saturated heterocycles. The third-order valence-corrected chi connectivity index (χ3v) is 9.93. The number of sulfonamides is 1. The molecule has 188 valence electrons. The second-order valence-corrected chi connectivity index (χ2v) is 12.6. The summed E-state index contributed by atoms with van der Waals surface area (Å²) in [5, 5.41) is 4.37. The van der Waals surface area contributed by atoms with Crippen molar-refractivity contribution < 1.29 is 13.2 Å². The Balaban J connectivity index is 1.34. The lowest BCUT2D eigenvalue weighted by atomic mass is 9.71. The Morgan fingerprint density at radius 1 is 1.09 bits per heavy atom. The molecule has 0 N–H and O–H groups in total. The maximum Gasteiger partial charge on any atom is 0.248 e. The number of piperidine rings is 2. The Bertz CT molecular complexity index is 1100. The average molecular weight is 509 g/mol. The van der Waals surface area contributed by atoms with Crippen LogP contribution in [0.2, 0.25) is 5.15 Å². The molecule has 34 heavy (non-hydrogen) atoms. The van der Waals surface area contributed by atoms with Crippen LogP contribution in [0.25, 0.3) is 0 Å². The molecule has 0 aliphatic carbocycles. The topological polar surface area (TPSA) is 67.7 Å². The lowest BCUT2D eigenvalue weighted by Gasteiger charge is -2.46. The number of para-hydroxylation sites is 1. The summed E-state index contributed by atoms with van der Waals surface area (Å²) in [6.45, 7) is 10.8. The van der Waals surface area contributed by atoms with E-state index in [1.165, 1.54) is 10.2 Å².